The van der Waals surface area contributed by atoms with E-state index in [1.54, 1.807) is 50.6 Å². The van der Waals surface area contributed by atoms with Gasteiger partial charge in [0.1, 0.15) is 18.9 Å². The number of rotatable bonds is 11. The van der Waals surface area contributed by atoms with Crippen molar-refractivity contribution in [2.75, 3.05) is 58.6 Å². The van der Waals surface area contributed by atoms with Crippen LogP contribution in [-0.4, -0.2) is 81.6 Å². The summed E-state index contributed by atoms with van der Waals surface area (Å²) in [6, 6.07) is 12.9. The summed E-state index contributed by atoms with van der Waals surface area (Å²) in [7, 11) is 7.30. The van der Waals surface area contributed by atoms with Gasteiger partial charge in [0.2, 0.25) is 0 Å². The van der Waals surface area contributed by atoms with Crippen LogP contribution in [0.3, 0.4) is 0 Å². The molecule has 1 aliphatic rings. The summed E-state index contributed by atoms with van der Waals surface area (Å²) in [4.78, 5) is 14.3. The number of nitrogens with zero attached hydrogens (tertiary/aromatic N) is 2. The van der Waals surface area contributed by atoms with Crippen molar-refractivity contribution in [2.24, 2.45) is 0 Å². The average molecular weight is 600 g/mol. The summed E-state index contributed by atoms with van der Waals surface area (Å²) >= 11 is 0. The van der Waals surface area contributed by atoms with Crippen molar-refractivity contribution in [1.82, 2.24) is 14.8 Å². The van der Waals surface area contributed by atoms with Gasteiger partial charge in [0.15, 0.2) is 0 Å². The Bertz CT molecular complexity index is 1450. The lowest BCUT2D eigenvalue weighted by molar-refractivity contribution is -0.140. The number of ether oxygens (including phenoxy) is 2. The first-order valence-corrected chi connectivity index (χ1v) is 14.4. The Morgan fingerprint density at radius 1 is 1.07 bits per heavy atom. The highest BCUT2D eigenvalue weighted by molar-refractivity contribution is 5.95. The molecule has 0 saturated heterocycles. The Morgan fingerprint density at radius 3 is 2.51 bits per heavy atom. The van der Waals surface area contributed by atoms with Crippen molar-refractivity contribution >= 4 is 28.2 Å². The van der Waals surface area contributed by atoms with Crippen LogP contribution in [0.25, 0.3) is 10.9 Å². The highest BCUT2D eigenvalue weighted by Crippen LogP contribution is 2.32. The van der Waals surface area contributed by atoms with Crippen LogP contribution in [0, 0.1) is 11.8 Å². The van der Waals surface area contributed by atoms with Crippen molar-refractivity contribution in [3.8, 4) is 17.6 Å². The maximum atomic E-state index is 13.6. The molecule has 1 amide bonds. The quantitative estimate of drug-likeness (QED) is 0.204. The van der Waals surface area contributed by atoms with E-state index in [2.05, 4.69) is 46.8 Å². The third-order valence-corrected chi connectivity index (χ3v) is 7.67. The second-order valence-electron chi connectivity index (χ2n) is 10.9. The monoisotopic (exact) mass is 599 g/mol. The van der Waals surface area contributed by atoms with Gasteiger partial charge >= 0.3 is 6.18 Å². The van der Waals surface area contributed by atoms with Gasteiger partial charge in [-0.05, 0) is 82.1 Å². The summed E-state index contributed by atoms with van der Waals surface area (Å²) in [5.41, 5.74) is 2.62. The SMILES string of the molecule is CNC(=O)c1ccc(NCC#Cc2cc3c(NC4CCC(N(C)C)CC4)cccc3n2CC(F)(F)F)c(OCCOC)c1. The van der Waals surface area contributed by atoms with E-state index in [1.807, 2.05) is 6.07 Å². The molecule has 0 atom stereocenters. The molecule has 232 valence electrons. The predicted octanol–water partition coefficient (Wildman–Crippen LogP) is 5.34. The van der Waals surface area contributed by atoms with Gasteiger partial charge < -0.3 is 34.9 Å². The Kier molecular flexibility index (Phi) is 10.8. The third-order valence-electron chi connectivity index (χ3n) is 7.67. The third kappa shape index (κ3) is 8.58. The molecule has 1 aliphatic carbocycles. The lowest BCUT2D eigenvalue weighted by Gasteiger charge is -2.33. The maximum absolute atomic E-state index is 13.6. The minimum absolute atomic E-state index is 0.147. The zero-order valence-electron chi connectivity index (χ0n) is 25.1. The first-order chi connectivity index (χ1) is 20.6. The summed E-state index contributed by atoms with van der Waals surface area (Å²) in [6.07, 6.45) is -0.250. The van der Waals surface area contributed by atoms with Gasteiger partial charge in [-0.2, -0.15) is 13.2 Å². The number of benzene rings is 2. The van der Waals surface area contributed by atoms with E-state index < -0.39 is 12.7 Å². The van der Waals surface area contributed by atoms with Crippen LogP contribution in [-0.2, 0) is 11.3 Å². The molecule has 0 aliphatic heterocycles. The van der Waals surface area contributed by atoms with Crippen molar-refractivity contribution in [1.29, 1.82) is 0 Å². The molecule has 0 spiro atoms. The van der Waals surface area contributed by atoms with E-state index in [9.17, 15) is 18.0 Å². The molecule has 43 heavy (non-hydrogen) atoms. The molecule has 1 heterocycles. The lowest BCUT2D eigenvalue weighted by Crippen LogP contribution is -2.36. The Hall–Kier alpha value is -3.88. The molecule has 0 unspecified atom stereocenters. The highest BCUT2D eigenvalue weighted by Gasteiger charge is 2.30. The van der Waals surface area contributed by atoms with Crippen LogP contribution in [0.15, 0.2) is 42.5 Å². The number of carbonyl (C=O) groups excluding carboxylic acids is 1. The van der Waals surface area contributed by atoms with Crippen molar-refractivity contribution in [3.63, 3.8) is 0 Å². The summed E-state index contributed by atoms with van der Waals surface area (Å²) in [6.45, 7) is -0.349. The smallest absolute Gasteiger partial charge is 0.406 e. The molecule has 8 nitrogen and oxygen atoms in total. The largest absolute Gasteiger partial charge is 0.489 e. The van der Waals surface area contributed by atoms with E-state index in [0.29, 0.717) is 35.2 Å². The van der Waals surface area contributed by atoms with Gasteiger partial charge in [0.25, 0.3) is 5.91 Å². The van der Waals surface area contributed by atoms with E-state index in [0.717, 1.165) is 36.8 Å². The summed E-state index contributed by atoms with van der Waals surface area (Å²) < 4.78 is 53.0. The fraction of sp³-hybridized carbons (Fsp3) is 0.469. The maximum Gasteiger partial charge on any atom is 0.406 e. The van der Waals surface area contributed by atoms with Gasteiger partial charge in [-0.1, -0.05) is 12.0 Å². The zero-order valence-corrected chi connectivity index (χ0v) is 25.1. The topological polar surface area (TPSA) is 79.8 Å². The van der Waals surface area contributed by atoms with Crippen molar-refractivity contribution in [3.05, 3.63) is 53.7 Å². The average Bonchev–Trinajstić information content (AvgIpc) is 3.32. The minimum atomic E-state index is -4.41. The molecule has 0 bridgehead atoms. The van der Waals surface area contributed by atoms with E-state index in [-0.39, 0.29) is 30.8 Å². The number of methoxy groups -OCH3 is 1. The van der Waals surface area contributed by atoms with Crippen LogP contribution < -0.4 is 20.7 Å². The van der Waals surface area contributed by atoms with Gasteiger partial charge in [0, 0.05) is 42.9 Å². The highest BCUT2D eigenvalue weighted by atomic mass is 19.4. The van der Waals surface area contributed by atoms with Crippen LogP contribution >= 0.6 is 0 Å². The second kappa shape index (κ2) is 14.5. The van der Waals surface area contributed by atoms with Gasteiger partial charge in [-0.25, -0.2) is 0 Å². The molecular weight excluding hydrogens is 559 g/mol. The first kappa shape index (κ1) is 32.0. The van der Waals surface area contributed by atoms with E-state index >= 15 is 0 Å². The fourth-order valence-electron chi connectivity index (χ4n) is 5.40. The Labute approximate surface area is 250 Å². The van der Waals surface area contributed by atoms with E-state index in [4.69, 9.17) is 9.47 Å². The van der Waals surface area contributed by atoms with E-state index in [1.165, 1.54) is 4.57 Å². The first-order valence-electron chi connectivity index (χ1n) is 14.4. The minimum Gasteiger partial charge on any atom is -0.489 e. The van der Waals surface area contributed by atoms with Gasteiger partial charge in [-0.3, -0.25) is 4.79 Å². The van der Waals surface area contributed by atoms with Crippen molar-refractivity contribution in [2.45, 2.75) is 50.5 Å². The second-order valence-corrected chi connectivity index (χ2v) is 10.9. The van der Waals surface area contributed by atoms with Crippen molar-refractivity contribution < 1.29 is 27.4 Å². The predicted molar refractivity (Wildman–Crippen MR) is 164 cm³/mol. The number of hydrogen-bond acceptors (Lipinski definition) is 6. The number of fused-ring (bicyclic) bond motifs is 1. The van der Waals surface area contributed by atoms with Crippen LogP contribution in [0.4, 0.5) is 24.5 Å². The summed E-state index contributed by atoms with van der Waals surface area (Å²) in [5.74, 6) is 6.10. The number of hydrogen-bond donors (Lipinski definition) is 3. The summed E-state index contributed by atoms with van der Waals surface area (Å²) in [5, 5.41) is 10.0. The van der Waals surface area contributed by atoms with Crippen LogP contribution in [0.2, 0.25) is 0 Å². The number of aromatic nitrogens is 1. The molecule has 1 aromatic heterocycles. The molecule has 11 heteroatoms. The molecule has 1 fully saturated rings. The Balaban J connectivity index is 1.55. The molecule has 2 aromatic carbocycles. The molecule has 4 rings (SSSR count). The molecule has 1 saturated carbocycles. The Morgan fingerprint density at radius 2 is 1.84 bits per heavy atom. The number of amides is 1. The lowest BCUT2D eigenvalue weighted by atomic mass is 9.90. The normalized spacial score (nSPS) is 16.9. The standard InChI is InChI=1S/C32H40F3N5O3/c1-36-31(41)22-10-15-28(30(19-22)43-18-17-42-4)37-16-6-7-25-20-26-27(38-23-11-13-24(14-12-23)39(2)3)8-5-9-29(26)40(25)21-32(33,34)35/h5,8-10,15,19-20,23-24,37-38H,11-14,16-18,21H2,1-4H3,(H,36,41). The fourth-order valence-corrected chi connectivity index (χ4v) is 5.40. The van der Waals surface area contributed by atoms with Gasteiger partial charge in [-0.15, -0.1) is 0 Å². The van der Waals surface area contributed by atoms with Crippen LogP contribution in [0.5, 0.6) is 5.75 Å². The number of alkyl halides is 3. The molecule has 3 N–H and O–H groups in total. The zero-order chi connectivity index (χ0) is 31.0. The molecule has 0 radical (unpaired) electrons. The van der Waals surface area contributed by atoms with Gasteiger partial charge in [0.05, 0.1) is 30.0 Å². The number of anilines is 2. The number of nitrogens with one attached hydrogen (secondary N) is 3. The number of carbonyl (C=O) groups is 1. The molecule has 3 aromatic rings. The van der Waals surface area contributed by atoms with Crippen LogP contribution in [0.1, 0.15) is 41.7 Å². The number of halogens is 3. The molecular formula is C32H40F3N5O3.